The van der Waals surface area contributed by atoms with Crippen molar-refractivity contribution in [1.29, 1.82) is 0 Å². The molecule has 0 saturated carbocycles. The lowest BCUT2D eigenvalue weighted by molar-refractivity contribution is 0.135. The standard InChI is InChI=1S/C18H21N3O4/c1-3-24-17(22)20-16(21-18(23)25-4-2)14-10-11-15(19-12-14)13-8-6-5-7-9-13/h5-12,16H,3-4H2,1-2H3,(H,20,22)(H,21,23). The number of hydrogen-bond acceptors (Lipinski definition) is 5. The van der Waals surface area contributed by atoms with Crippen molar-refractivity contribution in [2.24, 2.45) is 0 Å². The Hall–Kier alpha value is -3.09. The van der Waals surface area contributed by atoms with Crippen molar-refractivity contribution in [2.45, 2.75) is 20.0 Å². The molecule has 132 valence electrons. The van der Waals surface area contributed by atoms with E-state index in [0.29, 0.717) is 5.56 Å². The van der Waals surface area contributed by atoms with Crippen molar-refractivity contribution < 1.29 is 19.1 Å². The zero-order valence-electron chi connectivity index (χ0n) is 14.2. The van der Waals surface area contributed by atoms with Gasteiger partial charge < -0.3 is 9.47 Å². The van der Waals surface area contributed by atoms with E-state index in [4.69, 9.17) is 9.47 Å². The molecule has 0 fully saturated rings. The van der Waals surface area contributed by atoms with Crippen LogP contribution in [0.3, 0.4) is 0 Å². The van der Waals surface area contributed by atoms with E-state index in [1.807, 2.05) is 36.4 Å². The first kappa shape index (κ1) is 18.3. The molecule has 0 radical (unpaired) electrons. The van der Waals surface area contributed by atoms with Crippen molar-refractivity contribution in [3.05, 3.63) is 54.2 Å². The average molecular weight is 343 g/mol. The fraction of sp³-hybridized carbons (Fsp3) is 0.278. The van der Waals surface area contributed by atoms with Gasteiger partial charge in [-0.3, -0.25) is 15.6 Å². The second-order valence-corrected chi connectivity index (χ2v) is 5.01. The number of rotatable bonds is 6. The number of carbonyl (C=O) groups excluding carboxylic acids is 2. The Bertz CT molecular complexity index is 669. The molecule has 0 atom stereocenters. The molecule has 0 spiro atoms. The Morgan fingerprint density at radius 1 is 0.960 bits per heavy atom. The Morgan fingerprint density at radius 3 is 2.04 bits per heavy atom. The molecule has 0 aliphatic rings. The van der Waals surface area contributed by atoms with Gasteiger partial charge >= 0.3 is 12.2 Å². The van der Waals surface area contributed by atoms with Gasteiger partial charge in [-0.25, -0.2) is 9.59 Å². The van der Waals surface area contributed by atoms with Gasteiger partial charge in [-0.2, -0.15) is 0 Å². The van der Waals surface area contributed by atoms with Gasteiger partial charge in [0.1, 0.15) is 6.17 Å². The summed E-state index contributed by atoms with van der Waals surface area (Å²) in [6, 6.07) is 13.3. The van der Waals surface area contributed by atoms with Crippen LogP contribution in [0.15, 0.2) is 48.7 Å². The number of nitrogens with zero attached hydrogens (tertiary/aromatic N) is 1. The minimum atomic E-state index is -0.810. The Kier molecular flexibility index (Phi) is 6.76. The van der Waals surface area contributed by atoms with E-state index >= 15 is 0 Å². The largest absolute Gasteiger partial charge is 0.450 e. The molecule has 7 heteroatoms. The molecule has 2 N–H and O–H groups in total. The molecule has 2 aromatic rings. The van der Waals surface area contributed by atoms with Crippen LogP contribution in [-0.2, 0) is 9.47 Å². The zero-order chi connectivity index (χ0) is 18.1. The van der Waals surface area contributed by atoms with Crippen LogP contribution in [0.2, 0.25) is 0 Å². The zero-order valence-corrected chi connectivity index (χ0v) is 14.2. The Balaban J connectivity index is 2.17. The predicted octanol–water partition coefficient (Wildman–Crippen LogP) is 3.24. The second-order valence-electron chi connectivity index (χ2n) is 5.01. The summed E-state index contributed by atoms with van der Waals surface area (Å²) >= 11 is 0. The van der Waals surface area contributed by atoms with Crippen LogP contribution in [0, 0.1) is 0 Å². The third-order valence-electron chi connectivity index (χ3n) is 3.26. The van der Waals surface area contributed by atoms with E-state index in [0.717, 1.165) is 11.3 Å². The van der Waals surface area contributed by atoms with Gasteiger partial charge in [-0.15, -0.1) is 0 Å². The van der Waals surface area contributed by atoms with Gasteiger partial charge in [-0.1, -0.05) is 36.4 Å². The molecular formula is C18H21N3O4. The predicted molar refractivity (Wildman–Crippen MR) is 92.7 cm³/mol. The highest BCUT2D eigenvalue weighted by Crippen LogP contribution is 2.18. The normalized spacial score (nSPS) is 10.2. The first-order chi connectivity index (χ1) is 12.1. The number of amides is 2. The van der Waals surface area contributed by atoms with E-state index in [9.17, 15) is 9.59 Å². The summed E-state index contributed by atoms with van der Waals surface area (Å²) in [6.07, 6.45) is -0.505. The highest BCUT2D eigenvalue weighted by molar-refractivity contribution is 5.71. The SMILES string of the molecule is CCOC(=O)NC(NC(=O)OCC)c1ccc(-c2ccccc2)nc1. The molecule has 0 saturated heterocycles. The number of carbonyl (C=O) groups is 2. The highest BCUT2D eigenvalue weighted by atomic mass is 16.6. The van der Waals surface area contributed by atoms with Crippen LogP contribution < -0.4 is 10.6 Å². The monoisotopic (exact) mass is 343 g/mol. The fourth-order valence-electron chi connectivity index (χ4n) is 2.14. The number of hydrogen-bond donors (Lipinski definition) is 2. The quantitative estimate of drug-likeness (QED) is 0.786. The van der Waals surface area contributed by atoms with Crippen molar-refractivity contribution in [3.8, 4) is 11.3 Å². The van der Waals surface area contributed by atoms with Gasteiger partial charge in [0.05, 0.1) is 18.9 Å². The summed E-state index contributed by atoms with van der Waals surface area (Å²) in [5.41, 5.74) is 2.36. The van der Waals surface area contributed by atoms with Gasteiger partial charge in [0.25, 0.3) is 0 Å². The number of ether oxygens (including phenoxy) is 2. The number of benzene rings is 1. The minimum Gasteiger partial charge on any atom is -0.450 e. The maximum Gasteiger partial charge on any atom is 0.409 e. The van der Waals surface area contributed by atoms with E-state index in [1.54, 1.807) is 26.1 Å². The maximum absolute atomic E-state index is 11.7. The van der Waals surface area contributed by atoms with Gasteiger partial charge in [-0.05, 0) is 19.9 Å². The highest BCUT2D eigenvalue weighted by Gasteiger charge is 2.19. The fourth-order valence-corrected chi connectivity index (χ4v) is 2.14. The molecule has 0 aliphatic heterocycles. The lowest BCUT2D eigenvalue weighted by atomic mass is 10.1. The van der Waals surface area contributed by atoms with E-state index in [1.165, 1.54) is 0 Å². The van der Waals surface area contributed by atoms with E-state index in [2.05, 4.69) is 15.6 Å². The maximum atomic E-state index is 11.7. The number of pyridine rings is 1. The molecule has 0 aliphatic carbocycles. The molecule has 1 aromatic carbocycles. The van der Waals surface area contributed by atoms with Gasteiger partial charge in [0, 0.05) is 17.3 Å². The molecule has 0 unspecified atom stereocenters. The van der Waals surface area contributed by atoms with Crippen LogP contribution >= 0.6 is 0 Å². The van der Waals surface area contributed by atoms with Crippen LogP contribution in [0.25, 0.3) is 11.3 Å². The third kappa shape index (κ3) is 5.49. The molecular weight excluding hydrogens is 322 g/mol. The molecule has 1 heterocycles. The van der Waals surface area contributed by atoms with Gasteiger partial charge in [0.2, 0.25) is 0 Å². The topological polar surface area (TPSA) is 89.6 Å². The lowest BCUT2D eigenvalue weighted by Crippen LogP contribution is -2.41. The van der Waals surface area contributed by atoms with Crippen LogP contribution in [0.1, 0.15) is 25.6 Å². The van der Waals surface area contributed by atoms with Crippen molar-refractivity contribution >= 4 is 12.2 Å². The third-order valence-corrected chi connectivity index (χ3v) is 3.26. The average Bonchev–Trinajstić information content (AvgIpc) is 2.62. The van der Waals surface area contributed by atoms with Crippen molar-refractivity contribution in [2.75, 3.05) is 13.2 Å². The first-order valence-corrected chi connectivity index (χ1v) is 8.02. The Morgan fingerprint density at radius 2 is 1.56 bits per heavy atom. The molecule has 7 nitrogen and oxygen atoms in total. The summed E-state index contributed by atoms with van der Waals surface area (Å²) in [5, 5.41) is 5.14. The van der Waals surface area contributed by atoms with Crippen molar-refractivity contribution in [1.82, 2.24) is 15.6 Å². The van der Waals surface area contributed by atoms with Crippen LogP contribution in [0.4, 0.5) is 9.59 Å². The Labute approximate surface area is 146 Å². The summed E-state index contributed by atoms with van der Waals surface area (Å²) in [4.78, 5) is 27.8. The smallest absolute Gasteiger partial charge is 0.409 e. The summed E-state index contributed by atoms with van der Waals surface area (Å²) in [6.45, 7) is 3.85. The van der Waals surface area contributed by atoms with Crippen LogP contribution in [0.5, 0.6) is 0 Å². The van der Waals surface area contributed by atoms with Crippen molar-refractivity contribution in [3.63, 3.8) is 0 Å². The number of nitrogens with one attached hydrogen (secondary N) is 2. The summed E-state index contributed by atoms with van der Waals surface area (Å²) in [7, 11) is 0. The number of alkyl carbamates (subject to hydrolysis) is 2. The first-order valence-electron chi connectivity index (χ1n) is 8.02. The summed E-state index contributed by atoms with van der Waals surface area (Å²) < 4.78 is 9.73. The van der Waals surface area contributed by atoms with E-state index < -0.39 is 18.4 Å². The molecule has 0 bridgehead atoms. The number of aromatic nitrogens is 1. The molecule has 1 aromatic heterocycles. The lowest BCUT2D eigenvalue weighted by Gasteiger charge is -2.20. The van der Waals surface area contributed by atoms with E-state index in [-0.39, 0.29) is 13.2 Å². The van der Waals surface area contributed by atoms with Crippen LogP contribution in [-0.4, -0.2) is 30.4 Å². The summed E-state index contributed by atoms with van der Waals surface area (Å²) in [5.74, 6) is 0. The second kappa shape index (κ2) is 9.27. The minimum absolute atomic E-state index is 0.225. The van der Waals surface area contributed by atoms with Gasteiger partial charge in [0.15, 0.2) is 0 Å². The molecule has 25 heavy (non-hydrogen) atoms. The molecule has 2 rings (SSSR count). The molecule has 2 amide bonds.